The van der Waals surface area contributed by atoms with Gasteiger partial charge in [-0.1, -0.05) is 23.7 Å². The Bertz CT molecular complexity index is 635. The summed E-state index contributed by atoms with van der Waals surface area (Å²) in [5, 5.41) is 0.531. The summed E-state index contributed by atoms with van der Waals surface area (Å²) in [4.78, 5) is 13.6. The Balaban J connectivity index is 1.85. The van der Waals surface area contributed by atoms with E-state index in [2.05, 4.69) is 4.72 Å². The molecule has 0 radical (unpaired) electrons. The molecule has 22 heavy (non-hydrogen) atoms. The van der Waals surface area contributed by atoms with E-state index >= 15 is 0 Å². The Labute approximate surface area is 135 Å². The van der Waals surface area contributed by atoms with Crippen molar-refractivity contribution in [2.75, 3.05) is 25.4 Å². The minimum atomic E-state index is -3.36. The van der Waals surface area contributed by atoms with Gasteiger partial charge in [0.1, 0.15) is 11.9 Å². The Hall–Kier alpha value is -1.31. The number of nitrogens with one attached hydrogen (secondary N) is 1. The molecule has 1 atom stereocenters. The number of halogens is 1. The van der Waals surface area contributed by atoms with Crippen LogP contribution in [0.5, 0.6) is 5.75 Å². The van der Waals surface area contributed by atoms with Crippen LogP contribution in [0.1, 0.15) is 13.3 Å². The predicted molar refractivity (Wildman–Crippen MR) is 84.5 cm³/mol. The minimum Gasteiger partial charge on any atom is -0.487 e. The van der Waals surface area contributed by atoms with E-state index in [-0.39, 0.29) is 24.3 Å². The van der Waals surface area contributed by atoms with E-state index in [9.17, 15) is 13.2 Å². The van der Waals surface area contributed by atoms with Gasteiger partial charge in [0.2, 0.25) is 15.9 Å². The highest BCUT2D eigenvalue weighted by atomic mass is 35.5. The summed E-state index contributed by atoms with van der Waals surface area (Å²) in [5.41, 5.74) is 0. The lowest BCUT2D eigenvalue weighted by Crippen LogP contribution is -2.40. The quantitative estimate of drug-likeness (QED) is 0.841. The maximum Gasteiger partial charge on any atom is 0.237 e. The van der Waals surface area contributed by atoms with Crippen LogP contribution in [0.15, 0.2) is 24.3 Å². The second-order valence-corrected chi connectivity index (χ2v) is 7.53. The molecule has 1 heterocycles. The maximum absolute atomic E-state index is 12.0. The monoisotopic (exact) mass is 346 g/mol. The average Bonchev–Trinajstić information content (AvgIpc) is 2.96. The number of likely N-dealkylation sites (tertiary alicyclic amines) is 1. The predicted octanol–water partition coefficient (Wildman–Crippen LogP) is 1.26. The van der Waals surface area contributed by atoms with Crippen molar-refractivity contribution in [2.24, 2.45) is 0 Å². The van der Waals surface area contributed by atoms with Gasteiger partial charge in [-0.15, -0.1) is 0 Å². The van der Waals surface area contributed by atoms with Gasteiger partial charge >= 0.3 is 0 Å². The zero-order valence-corrected chi connectivity index (χ0v) is 13.9. The van der Waals surface area contributed by atoms with Crippen LogP contribution >= 0.6 is 11.6 Å². The van der Waals surface area contributed by atoms with Crippen LogP contribution in [-0.2, 0) is 14.8 Å². The molecule has 0 bridgehead atoms. The lowest BCUT2D eigenvalue weighted by molar-refractivity contribution is -0.129. The van der Waals surface area contributed by atoms with Crippen LogP contribution in [0.25, 0.3) is 0 Å². The summed E-state index contributed by atoms with van der Waals surface area (Å²) in [7, 11) is -3.36. The van der Waals surface area contributed by atoms with Crippen LogP contribution in [0.4, 0.5) is 0 Å². The lowest BCUT2D eigenvalue weighted by atomic mass is 10.3. The van der Waals surface area contributed by atoms with Gasteiger partial charge in [0.25, 0.3) is 0 Å². The van der Waals surface area contributed by atoms with Crippen molar-refractivity contribution in [3.63, 3.8) is 0 Å². The van der Waals surface area contributed by atoms with E-state index in [0.717, 1.165) is 0 Å². The molecule has 0 spiro atoms. The van der Waals surface area contributed by atoms with E-state index in [4.69, 9.17) is 16.3 Å². The summed E-state index contributed by atoms with van der Waals surface area (Å²) in [5.74, 6) is 0.302. The van der Waals surface area contributed by atoms with E-state index < -0.39 is 10.0 Å². The van der Waals surface area contributed by atoms with Gasteiger partial charge < -0.3 is 9.64 Å². The molecule has 0 aromatic heterocycles. The van der Waals surface area contributed by atoms with Gasteiger partial charge in [-0.25, -0.2) is 13.1 Å². The summed E-state index contributed by atoms with van der Waals surface area (Å²) >= 11 is 6.04. The van der Waals surface area contributed by atoms with E-state index in [1.807, 2.05) is 12.1 Å². The Morgan fingerprint density at radius 3 is 2.86 bits per heavy atom. The molecule has 1 aliphatic rings. The van der Waals surface area contributed by atoms with Gasteiger partial charge in [-0.2, -0.15) is 0 Å². The number of benzene rings is 1. The molecular formula is C14H19ClN2O4S. The molecule has 1 aliphatic heterocycles. The summed E-state index contributed by atoms with van der Waals surface area (Å²) in [6.07, 6.45) is 0.559. The fourth-order valence-corrected chi connectivity index (χ4v) is 2.88. The SMILES string of the molecule is CCS(=O)(=O)NCC(=O)N1CC[C@@H](Oc2ccccc2Cl)C1. The van der Waals surface area contributed by atoms with Gasteiger partial charge in [0, 0.05) is 13.0 Å². The molecule has 1 N–H and O–H groups in total. The van der Waals surface area contributed by atoms with Crippen molar-refractivity contribution < 1.29 is 17.9 Å². The van der Waals surface area contributed by atoms with E-state index in [1.165, 1.54) is 6.92 Å². The number of hydrogen-bond donors (Lipinski definition) is 1. The van der Waals surface area contributed by atoms with Crippen molar-refractivity contribution in [2.45, 2.75) is 19.4 Å². The zero-order valence-electron chi connectivity index (χ0n) is 12.3. The average molecular weight is 347 g/mol. The third-order valence-corrected chi connectivity index (χ3v) is 5.11. The van der Waals surface area contributed by atoms with Gasteiger partial charge in [-0.3, -0.25) is 4.79 Å². The highest BCUT2D eigenvalue weighted by Gasteiger charge is 2.28. The first kappa shape index (κ1) is 17.1. The molecule has 1 amide bonds. The number of hydrogen-bond acceptors (Lipinski definition) is 4. The second kappa shape index (κ2) is 7.30. The van der Waals surface area contributed by atoms with Crippen LogP contribution in [-0.4, -0.2) is 50.7 Å². The number of carbonyl (C=O) groups excluding carboxylic acids is 1. The molecular weight excluding hydrogens is 328 g/mol. The van der Waals surface area contributed by atoms with Crippen molar-refractivity contribution in [1.29, 1.82) is 0 Å². The number of rotatable bonds is 6. The molecule has 2 rings (SSSR count). The molecule has 1 aromatic carbocycles. The second-order valence-electron chi connectivity index (χ2n) is 5.02. The van der Waals surface area contributed by atoms with Gasteiger partial charge in [-0.05, 0) is 19.1 Å². The molecule has 6 nitrogen and oxygen atoms in total. The highest BCUT2D eigenvalue weighted by Crippen LogP contribution is 2.26. The summed E-state index contributed by atoms with van der Waals surface area (Å²) < 4.78 is 30.7. The van der Waals surface area contributed by atoms with Crippen LogP contribution in [0, 0.1) is 0 Å². The smallest absolute Gasteiger partial charge is 0.237 e. The molecule has 0 unspecified atom stereocenters. The molecule has 8 heteroatoms. The molecule has 0 saturated carbocycles. The first-order valence-corrected chi connectivity index (χ1v) is 9.10. The summed E-state index contributed by atoms with van der Waals surface area (Å²) in [6, 6.07) is 7.18. The Morgan fingerprint density at radius 2 is 2.18 bits per heavy atom. The molecule has 1 aromatic rings. The largest absolute Gasteiger partial charge is 0.487 e. The Morgan fingerprint density at radius 1 is 1.45 bits per heavy atom. The van der Waals surface area contributed by atoms with Crippen molar-refractivity contribution in [3.05, 3.63) is 29.3 Å². The molecule has 0 aliphatic carbocycles. The number of nitrogens with zero attached hydrogens (tertiary/aromatic N) is 1. The van der Waals surface area contributed by atoms with Gasteiger partial charge in [0.15, 0.2) is 0 Å². The van der Waals surface area contributed by atoms with Crippen molar-refractivity contribution in [1.82, 2.24) is 9.62 Å². The minimum absolute atomic E-state index is 0.0431. The van der Waals surface area contributed by atoms with Crippen molar-refractivity contribution in [3.8, 4) is 5.75 Å². The normalized spacial score (nSPS) is 18.5. The van der Waals surface area contributed by atoms with Crippen LogP contribution < -0.4 is 9.46 Å². The summed E-state index contributed by atoms with van der Waals surface area (Å²) in [6.45, 7) is 2.28. The maximum atomic E-state index is 12.0. The topological polar surface area (TPSA) is 75.7 Å². The fourth-order valence-electron chi connectivity index (χ4n) is 2.16. The van der Waals surface area contributed by atoms with Crippen LogP contribution in [0.2, 0.25) is 5.02 Å². The Kier molecular flexibility index (Phi) is 5.66. The van der Waals surface area contributed by atoms with E-state index in [0.29, 0.717) is 30.3 Å². The number of para-hydroxylation sites is 1. The number of sulfonamides is 1. The standard InChI is InChI=1S/C14H19ClN2O4S/c1-2-22(19,20)16-9-14(18)17-8-7-11(10-17)21-13-6-4-3-5-12(13)15/h3-6,11,16H,2,7-10H2,1H3/t11-/m1/s1. The third-order valence-electron chi connectivity index (χ3n) is 3.45. The zero-order chi connectivity index (χ0) is 16.2. The highest BCUT2D eigenvalue weighted by molar-refractivity contribution is 7.89. The molecule has 1 saturated heterocycles. The fraction of sp³-hybridized carbons (Fsp3) is 0.500. The number of carbonyl (C=O) groups is 1. The number of ether oxygens (including phenoxy) is 1. The first-order chi connectivity index (χ1) is 10.4. The molecule has 122 valence electrons. The lowest BCUT2D eigenvalue weighted by Gasteiger charge is -2.18. The first-order valence-electron chi connectivity index (χ1n) is 7.07. The van der Waals surface area contributed by atoms with E-state index in [1.54, 1.807) is 17.0 Å². The number of amides is 1. The molecule has 1 fully saturated rings. The van der Waals surface area contributed by atoms with Crippen molar-refractivity contribution >= 4 is 27.5 Å². The van der Waals surface area contributed by atoms with Crippen LogP contribution in [0.3, 0.4) is 0 Å². The third kappa shape index (κ3) is 4.59. The van der Waals surface area contributed by atoms with Gasteiger partial charge in [0.05, 0.1) is 23.9 Å².